The summed E-state index contributed by atoms with van der Waals surface area (Å²) in [5.74, 6) is 0.936. The molecular formula is C14H23N3O. The zero-order valence-electron chi connectivity index (χ0n) is 11.6. The SMILES string of the molecule is COc1ccc2c(c1)N(CCN(C)C)CCNC2. The van der Waals surface area contributed by atoms with Crippen LogP contribution in [0.2, 0.25) is 0 Å². The number of rotatable bonds is 4. The molecule has 1 N–H and O–H groups in total. The molecule has 0 fully saturated rings. The molecular weight excluding hydrogens is 226 g/mol. The quantitative estimate of drug-likeness (QED) is 0.867. The van der Waals surface area contributed by atoms with Crippen LogP contribution in [0.3, 0.4) is 0 Å². The number of methoxy groups -OCH3 is 1. The number of hydrogen-bond acceptors (Lipinski definition) is 4. The van der Waals surface area contributed by atoms with E-state index >= 15 is 0 Å². The molecule has 1 heterocycles. The van der Waals surface area contributed by atoms with Crippen molar-refractivity contribution in [3.8, 4) is 5.75 Å². The standard InChI is InChI=1S/C14H23N3O/c1-16(2)8-9-17-7-6-15-11-12-4-5-13(18-3)10-14(12)17/h4-5,10,15H,6-9,11H2,1-3H3. The highest BCUT2D eigenvalue weighted by molar-refractivity contribution is 5.58. The van der Waals surface area contributed by atoms with E-state index in [9.17, 15) is 0 Å². The molecule has 0 bridgehead atoms. The third-order valence-corrected chi connectivity index (χ3v) is 3.32. The molecule has 100 valence electrons. The van der Waals surface area contributed by atoms with Gasteiger partial charge in [-0.05, 0) is 25.7 Å². The van der Waals surface area contributed by atoms with Crippen LogP contribution in [0.25, 0.3) is 0 Å². The molecule has 1 aromatic rings. The van der Waals surface area contributed by atoms with Crippen molar-refractivity contribution < 1.29 is 4.74 Å². The minimum atomic E-state index is 0.936. The minimum Gasteiger partial charge on any atom is -0.497 e. The number of fused-ring (bicyclic) bond motifs is 1. The van der Waals surface area contributed by atoms with Gasteiger partial charge in [-0.15, -0.1) is 0 Å². The fourth-order valence-corrected chi connectivity index (χ4v) is 2.22. The first-order chi connectivity index (χ1) is 8.70. The second-order valence-electron chi connectivity index (χ2n) is 4.96. The lowest BCUT2D eigenvalue weighted by molar-refractivity contribution is 0.410. The predicted molar refractivity (Wildman–Crippen MR) is 75.5 cm³/mol. The van der Waals surface area contributed by atoms with Gasteiger partial charge in [-0.2, -0.15) is 0 Å². The summed E-state index contributed by atoms with van der Waals surface area (Å²) in [6, 6.07) is 6.35. The molecule has 1 aromatic carbocycles. The highest BCUT2D eigenvalue weighted by Gasteiger charge is 2.15. The average molecular weight is 249 g/mol. The number of likely N-dealkylation sites (N-methyl/N-ethyl adjacent to an activating group) is 1. The van der Waals surface area contributed by atoms with E-state index in [0.29, 0.717) is 0 Å². The van der Waals surface area contributed by atoms with Gasteiger partial charge in [-0.25, -0.2) is 0 Å². The highest BCUT2D eigenvalue weighted by Crippen LogP contribution is 2.27. The summed E-state index contributed by atoms with van der Waals surface area (Å²) >= 11 is 0. The molecule has 1 aliphatic heterocycles. The van der Waals surface area contributed by atoms with Gasteiger partial charge >= 0.3 is 0 Å². The Morgan fingerprint density at radius 1 is 1.39 bits per heavy atom. The Balaban J connectivity index is 2.21. The van der Waals surface area contributed by atoms with Crippen molar-refractivity contribution >= 4 is 5.69 Å². The summed E-state index contributed by atoms with van der Waals surface area (Å²) in [4.78, 5) is 4.66. The Kier molecular flexibility index (Phi) is 4.44. The van der Waals surface area contributed by atoms with Crippen LogP contribution in [0.4, 0.5) is 5.69 Å². The largest absolute Gasteiger partial charge is 0.497 e. The first kappa shape index (κ1) is 13.2. The first-order valence-corrected chi connectivity index (χ1v) is 6.48. The van der Waals surface area contributed by atoms with E-state index < -0.39 is 0 Å². The second kappa shape index (κ2) is 6.07. The molecule has 0 amide bonds. The molecule has 0 aromatic heterocycles. The van der Waals surface area contributed by atoms with Gasteiger partial charge in [0, 0.05) is 44.5 Å². The smallest absolute Gasteiger partial charge is 0.120 e. The molecule has 0 saturated heterocycles. The molecule has 0 saturated carbocycles. The normalized spacial score (nSPS) is 15.4. The summed E-state index contributed by atoms with van der Waals surface area (Å²) in [6.45, 7) is 5.14. The number of ether oxygens (including phenoxy) is 1. The molecule has 4 heteroatoms. The van der Waals surface area contributed by atoms with Crippen molar-refractivity contribution in [2.45, 2.75) is 6.54 Å². The van der Waals surface area contributed by atoms with Crippen LogP contribution >= 0.6 is 0 Å². The summed E-state index contributed by atoms with van der Waals surface area (Å²) in [5, 5.41) is 3.46. The lowest BCUT2D eigenvalue weighted by Crippen LogP contribution is -2.34. The predicted octanol–water partition coefficient (Wildman–Crippen LogP) is 1.17. The van der Waals surface area contributed by atoms with Crippen LogP contribution in [0.15, 0.2) is 18.2 Å². The van der Waals surface area contributed by atoms with E-state index in [1.807, 2.05) is 6.07 Å². The van der Waals surface area contributed by atoms with Crippen molar-refractivity contribution in [3.63, 3.8) is 0 Å². The van der Waals surface area contributed by atoms with Gasteiger partial charge in [0.15, 0.2) is 0 Å². The number of nitrogens with one attached hydrogen (secondary N) is 1. The first-order valence-electron chi connectivity index (χ1n) is 6.48. The van der Waals surface area contributed by atoms with Crippen molar-refractivity contribution in [2.75, 3.05) is 52.3 Å². The Bertz CT molecular complexity index is 393. The molecule has 0 unspecified atom stereocenters. The monoisotopic (exact) mass is 249 g/mol. The third kappa shape index (κ3) is 3.15. The maximum absolute atomic E-state index is 5.34. The topological polar surface area (TPSA) is 27.7 Å². The fourth-order valence-electron chi connectivity index (χ4n) is 2.22. The van der Waals surface area contributed by atoms with Crippen LogP contribution in [-0.2, 0) is 6.54 Å². The molecule has 2 rings (SSSR count). The molecule has 4 nitrogen and oxygen atoms in total. The fraction of sp³-hybridized carbons (Fsp3) is 0.571. The van der Waals surface area contributed by atoms with Crippen molar-refractivity contribution in [3.05, 3.63) is 23.8 Å². The van der Waals surface area contributed by atoms with Crippen LogP contribution in [-0.4, -0.2) is 52.3 Å². The average Bonchev–Trinajstić information content (AvgIpc) is 2.57. The van der Waals surface area contributed by atoms with Gasteiger partial charge in [0.05, 0.1) is 7.11 Å². The van der Waals surface area contributed by atoms with Gasteiger partial charge in [0.1, 0.15) is 5.75 Å². The summed E-state index contributed by atoms with van der Waals surface area (Å²) in [6.07, 6.45) is 0. The van der Waals surface area contributed by atoms with Gasteiger partial charge in [-0.1, -0.05) is 6.07 Å². The molecule has 0 radical (unpaired) electrons. The maximum atomic E-state index is 5.34. The Morgan fingerprint density at radius 3 is 2.94 bits per heavy atom. The number of anilines is 1. The molecule has 0 atom stereocenters. The van der Waals surface area contributed by atoms with Gasteiger partial charge in [-0.3, -0.25) is 0 Å². The van der Waals surface area contributed by atoms with Crippen LogP contribution in [0.1, 0.15) is 5.56 Å². The van der Waals surface area contributed by atoms with Gasteiger partial charge in [0.2, 0.25) is 0 Å². The minimum absolute atomic E-state index is 0.936. The van der Waals surface area contributed by atoms with E-state index in [0.717, 1.165) is 38.5 Å². The Morgan fingerprint density at radius 2 is 2.22 bits per heavy atom. The van der Waals surface area contributed by atoms with Crippen molar-refractivity contribution in [1.29, 1.82) is 0 Å². The van der Waals surface area contributed by atoms with Crippen LogP contribution < -0.4 is 15.0 Å². The second-order valence-corrected chi connectivity index (χ2v) is 4.96. The number of hydrogen-bond donors (Lipinski definition) is 1. The van der Waals surface area contributed by atoms with E-state index in [2.05, 4.69) is 41.3 Å². The Labute approximate surface area is 110 Å². The van der Waals surface area contributed by atoms with E-state index in [4.69, 9.17) is 4.74 Å². The van der Waals surface area contributed by atoms with Crippen molar-refractivity contribution in [1.82, 2.24) is 10.2 Å². The Hall–Kier alpha value is -1.26. The van der Waals surface area contributed by atoms with Crippen molar-refractivity contribution in [2.24, 2.45) is 0 Å². The molecule has 0 aliphatic carbocycles. The van der Waals surface area contributed by atoms with Gasteiger partial charge in [0.25, 0.3) is 0 Å². The summed E-state index contributed by atoms with van der Waals surface area (Å²) in [5.41, 5.74) is 2.66. The number of benzene rings is 1. The van der Waals surface area contributed by atoms with E-state index in [-0.39, 0.29) is 0 Å². The zero-order chi connectivity index (χ0) is 13.0. The molecule has 18 heavy (non-hydrogen) atoms. The van der Waals surface area contributed by atoms with Gasteiger partial charge < -0.3 is 19.9 Å². The highest BCUT2D eigenvalue weighted by atomic mass is 16.5. The van der Waals surface area contributed by atoms with Crippen LogP contribution in [0.5, 0.6) is 5.75 Å². The van der Waals surface area contributed by atoms with E-state index in [1.54, 1.807) is 7.11 Å². The third-order valence-electron chi connectivity index (χ3n) is 3.32. The summed E-state index contributed by atoms with van der Waals surface area (Å²) in [7, 11) is 5.95. The summed E-state index contributed by atoms with van der Waals surface area (Å²) < 4.78 is 5.34. The number of nitrogens with zero attached hydrogens (tertiary/aromatic N) is 2. The molecule has 0 spiro atoms. The molecule has 1 aliphatic rings. The van der Waals surface area contributed by atoms with Crippen LogP contribution in [0, 0.1) is 0 Å². The lowest BCUT2D eigenvalue weighted by atomic mass is 10.1. The zero-order valence-corrected chi connectivity index (χ0v) is 11.6. The van der Waals surface area contributed by atoms with E-state index in [1.165, 1.54) is 11.3 Å². The maximum Gasteiger partial charge on any atom is 0.120 e. The lowest BCUT2D eigenvalue weighted by Gasteiger charge is -2.26.